The van der Waals surface area contributed by atoms with Gasteiger partial charge in [0, 0.05) is 14.1 Å². The SMILES string of the molecule is CN(C)C1=CNC(=O)[N+]1(C)C. The summed E-state index contributed by atoms with van der Waals surface area (Å²) >= 11 is 0. The molecule has 2 amide bonds. The molecule has 0 fully saturated rings. The van der Waals surface area contributed by atoms with E-state index < -0.39 is 0 Å². The van der Waals surface area contributed by atoms with Crippen LogP contribution < -0.4 is 5.32 Å². The van der Waals surface area contributed by atoms with Crippen molar-refractivity contribution in [1.82, 2.24) is 10.2 Å². The van der Waals surface area contributed by atoms with Crippen LogP contribution in [0.2, 0.25) is 0 Å². The Morgan fingerprint density at radius 2 is 2.00 bits per heavy atom. The van der Waals surface area contributed by atoms with Crippen LogP contribution in [0.25, 0.3) is 0 Å². The molecule has 0 aliphatic carbocycles. The highest BCUT2D eigenvalue weighted by Crippen LogP contribution is 2.17. The Labute approximate surface area is 66.7 Å². The van der Waals surface area contributed by atoms with E-state index in [0.717, 1.165) is 5.82 Å². The Bertz CT molecular complexity index is 218. The number of carbonyl (C=O) groups excluding carboxylic acids is 1. The second kappa shape index (κ2) is 2.23. The van der Waals surface area contributed by atoms with Gasteiger partial charge < -0.3 is 4.90 Å². The van der Waals surface area contributed by atoms with Gasteiger partial charge in [0.15, 0.2) is 0 Å². The van der Waals surface area contributed by atoms with Crippen molar-refractivity contribution in [2.24, 2.45) is 0 Å². The molecule has 0 aromatic carbocycles. The predicted octanol–water partition coefficient (Wildman–Crippen LogP) is 0.146. The van der Waals surface area contributed by atoms with E-state index >= 15 is 0 Å². The van der Waals surface area contributed by atoms with Crippen LogP contribution in [0.5, 0.6) is 0 Å². The lowest BCUT2D eigenvalue weighted by Crippen LogP contribution is -2.46. The zero-order valence-electron chi connectivity index (χ0n) is 7.38. The maximum absolute atomic E-state index is 11.2. The van der Waals surface area contributed by atoms with Gasteiger partial charge in [-0.25, -0.2) is 4.79 Å². The molecule has 0 unspecified atom stereocenters. The van der Waals surface area contributed by atoms with Gasteiger partial charge in [-0.3, -0.25) is 5.32 Å². The summed E-state index contributed by atoms with van der Waals surface area (Å²) in [5, 5.41) is 2.67. The lowest BCUT2D eigenvalue weighted by molar-refractivity contribution is -0.773. The highest BCUT2D eigenvalue weighted by molar-refractivity contribution is 5.71. The van der Waals surface area contributed by atoms with E-state index in [-0.39, 0.29) is 10.5 Å². The Morgan fingerprint density at radius 1 is 1.45 bits per heavy atom. The summed E-state index contributed by atoms with van der Waals surface area (Å²) in [6.45, 7) is 0. The number of rotatable bonds is 1. The smallest absolute Gasteiger partial charge is 0.332 e. The molecule has 1 rings (SSSR count). The van der Waals surface area contributed by atoms with Crippen molar-refractivity contribution in [2.45, 2.75) is 0 Å². The quantitative estimate of drug-likeness (QED) is 0.548. The summed E-state index contributed by atoms with van der Waals surface area (Å²) in [6.07, 6.45) is 1.74. The zero-order chi connectivity index (χ0) is 8.65. The van der Waals surface area contributed by atoms with Crippen LogP contribution in [0.15, 0.2) is 12.0 Å². The lowest BCUT2D eigenvalue weighted by Gasteiger charge is -2.25. The van der Waals surface area contributed by atoms with Gasteiger partial charge >= 0.3 is 6.03 Å². The molecule has 1 aliphatic heterocycles. The molecule has 1 aliphatic rings. The molecule has 0 saturated heterocycles. The van der Waals surface area contributed by atoms with Crippen molar-refractivity contribution in [3.05, 3.63) is 12.0 Å². The number of carbonyl (C=O) groups is 1. The van der Waals surface area contributed by atoms with Crippen molar-refractivity contribution in [3.63, 3.8) is 0 Å². The van der Waals surface area contributed by atoms with Crippen LogP contribution in [-0.4, -0.2) is 43.6 Å². The third-order valence-corrected chi connectivity index (χ3v) is 1.86. The first-order valence-electron chi connectivity index (χ1n) is 3.49. The molecular weight excluding hydrogens is 142 g/mol. The Hall–Kier alpha value is -1.03. The number of hydrogen-bond donors (Lipinski definition) is 1. The summed E-state index contributed by atoms with van der Waals surface area (Å²) < 4.78 is 0.271. The number of nitrogens with one attached hydrogen (secondary N) is 1. The van der Waals surface area contributed by atoms with Crippen molar-refractivity contribution in [2.75, 3.05) is 28.2 Å². The fourth-order valence-electron chi connectivity index (χ4n) is 1.18. The van der Waals surface area contributed by atoms with E-state index in [2.05, 4.69) is 5.32 Å². The van der Waals surface area contributed by atoms with Gasteiger partial charge in [0.25, 0.3) is 0 Å². The van der Waals surface area contributed by atoms with Gasteiger partial charge in [0.1, 0.15) is 0 Å². The van der Waals surface area contributed by atoms with Crippen LogP contribution in [0, 0.1) is 0 Å². The lowest BCUT2D eigenvalue weighted by atomic mass is 10.5. The van der Waals surface area contributed by atoms with Crippen molar-refractivity contribution >= 4 is 6.03 Å². The average molecular weight is 156 g/mol. The Balaban J connectivity index is 2.92. The summed E-state index contributed by atoms with van der Waals surface area (Å²) in [6, 6.07) is 0.00806. The molecule has 0 bridgehead atoms. The van der Waals surface area contributed by atoms with E-state index in [1.807, 2.05) is 33.1 Å². The summed E-state index contributed by atoms with van der Waals surface area (Å²) in [5.41, 5.74) is 0. The summed E-state index contributed by atoms with van der Waals surface area (Å²) in [4.78, 5) is 13.1. The Kier molecular flexibility index (Phi) is 1.64. The molecule has 1 N–H and O–H groups in total. The minimum atomic E-state index is 0.00806. The monoisotopic (exact) mass is 156 g/mol. The second-order valence-corrected chi connectivity index (χ2v) is 3.30. The van der Waals surface area contributed by atoms with Gasteiger partial charge in [-0.1, -0.05) is 0 Å². The van der Waals surface area contributed by atoms with Crippen molar-refractivity contribution < 1.29 is 9.28 Å². The Morgan fingerprint density at radius 3 is 2.18 bits per heavy atom. The molecule has 0 atom stereocenters. The topological polar surface area (TPSA) is 32.3 Å². The molecule has 11 heavy (non-hydrogen) atoms. The number of amides is 2. The fourth-order valence-corrected chi connectivity index (χ4v) is 1.18. The van der Waals surface area contributed by atoms with Crippen LogP contribution in [-0.2, 0) is 0 Å². The highest BCUT2D eigenvalue weighted by atomic mass is 16.2. The minimum Gasteiger partial charge on any atom is -0.332 e. The first kappa shape index (κ1) is 8.07. The number of hydrogen-bond acceptors (Lipinski definition) is 2. The predicted molar refractivity (Wildman–Crippen MR) is 42.4 cm³/mol. The molecule has 4 nitrogen and oxygen atoms in total. The molecule has 0 aromatic rings. The number of nitrogens with zero attached hydrogens (tertiary/aromatic N) is 2. The summed E-state index contributed by atoms with van der Waals surface area (Å²) in [7, 11) is 7.56. The van der Waals surface area contributed by atoms with Crippen LogP contribution >= 0.6 is 0 Å². The minimum absolute atomic E-state index is 0.00806. The first-order chi connectivity index (χ1) is 4.96. The third-order valence-electron chi connectivity index (χ3n) is 1.86. The second-order valence-electron chi connectivity index (χ2n) is 3.30. The van der Waals surface area contributed by atoms with E-state index in [1.165, 1.54) is 0 Å². The average Bonchev–Trinajstić information content (AvgIpc) is 2.08. The zero-order valence-corrected chi connectivity index (χ0v) is 7.38. The normalized spacial score (nSPS) is 21.1. The maximum atomic E-state index is 11.2. The standard InChI is InChI=1S/C7H13N3O/c1-9(2)6-5-8-7(11)10(6,3)4/h5H,1-4H3/p+1. The van der Waals surface area contributed by atoms with E-state index in [0.29, 0.717) is 0 Å². The fraction of sp³-hybridized carbons (Fsp3) is 0.571. The largest absolute Gasteiger partial charge is 0.426 e. The third kappa shape index (κ3) is 1.09. The van der Waals surface area contributed by atoms with Crippen LogP contribution in [0.4, 0.5) is 4.79 Å². The summed E-state index contributed by atoms with van der Waals surface area (Å²) in [5.74, 6) is 0.968. The highest BCUT2D eigenvalue weighted by Gasteiger charge is 2.38. The first-order valence-corrected chi connectivity index (χ1v) is 3.49. The number of quaternary nitrogens is 1. The van der Waals surface area contributed by atoms with Gasteiger partial charge in [-0.05, 0) is 0 Å². The van der Waals surface area contributed by atoms with E-state index in [9.17, 15) is 4.79 Å². The molecular formula is C7H14N3O+. The molecule has 4 heteroatoms. The van der Waals surface area contributed by atoms with Gasteiger partial charge in [-0.15, -0.1) is 0 Å². The van der Waals surface area contributed by atoms with Gasteiger partial charge in [0.05, 0.1) is 20.3 Å². The maximum Gasteiger partial charge on any atom is 0.426 e. The molecule has 62 valence electrons. The molecule has 0 aromatic heterocycles. The van der Waals surface area contributed by atoms with Crippen LogP contribution in [0.3, 0.4) is 0 Å². The van der Waals surface area contributed by atoms with E-state index in [4.69, 9.17) is 0 Å². The molecule has 0 spiro atoms. The van der Waals surface area contributed by atoms with Crippen LogP contribution in [0.1, 0.15) is 0 Å². The van der Waals surface area contributed by atoms with E-state index in [1.54, 1.807) is 6.20 Å². The van der Waals surface area contributed by atoms with Gasteiger partial charge in [-0.2, -0.15) is 4.48 Å². The molecule has 0 saturated carbocycles. The number of urea groups is 1. The molecule has 1 heterocycles. The van der Waals surface area contributed by atoms with Crippen molar-refractivity contribution in [3.8, 4) is 0 Å². The van der Waals surface area contributed by atoms with Crippen molar-refractivity contribution in [1.29, 1.82) is 0 Å². The van der Waals surface area contributed by atoms with Gasteiger partial charge in [0.2, 0.25) is 5.82 Å². The molecule has 0 radical (unpaired) electrons.